The lowest BCUT2D eigenvalue weighted by Gasteiger charge is -2.33. The van der Waals surface area contributed by atoms with E-state index in [-0.39, 0.29) is 42.1 Å². The van der Waals surface area contributed by atoms with E-state index < -0.39 is 17.9 Å². The van der Waals surface area contributed by atoms with Gasteiger partial charge in [-0.3, -0.25) is 4.79 Å². The first kappa shape index (κ1) is 24.9. The van der Waals surface area contributed by atoms with Crippen LogP contribution in [0.3, 0.4) is 0 Å². The molecule has 1 aliphatic heterocycles. The van der Waals surface area contributed by atoms with Gasteiger partial charge < -0.3 is 15.5 Å². The van der Waals surface area contributed by atoms with Gasteiger partial charge in [-0.15, -0.1) is 0 Å². The van der Waals surface area contributed by atoms with E-state index in [1.54, 1.807) is 0 Å². The number of rotatable bonds is 7. The Morgan fingerprint density at radius 2 is 2.12 bits per heavy atom. The summed E-state index contributed by atoms with van der Waals surface area (Å²) in [5.74, 6) is 0.0650. The number of nitrogens with one attached hydrogen (secondary N) is 2. The number of halogens is 4. The summed E-state index contributed by atoms with van der Waals surface area (Å²) in [5.41, 5.74) is -0.128. The number of alkyl halides is 4. The average Bonchev–Trinajstić information content (AvgIpc) is 2.74. The molecule has 3 rings (SSSR count). The molecule has 2 aromatic heterocycles. The van der Waals surface area contributed by atoms with Crippen LogP contribution in [0.1, 0.15) is 44.7 Å². The molecule has 1 saturated heterocycles. The second-order valence-electron chi connectivity index (χ2n) is 8.37. The van der Waals surface area contributed by atoms with Gasteiger partial charge in [0.05, 0.1) is 11.3 Å². The zero-order chi connectivity index (χ0) is 24.2. The number of carbonyl (C=O) groups excluding carboxylic acids is 1. The quantitative estimate of drug-likeness (QED) is 0.583. The molecule has 0 radical (unpaired) electrons. The predicted octanol–water partition coefficient (Wildman–Crippen LogP) is 4.60. The van der Waals surface area contributed by atoms with Gasteiger partial charge in [0.1, 0.15) is 17.8 Å². The molecule has 180 valence electrons. The van der Waals surface area contributed by atoms with Crippen molar-refractivity contribution in [3.05, 3.63) is 35.5 Å². The SMILES string of the molecule is CCCC(=O)Nc1nccc(-c2cc(C(F)(F)F)cc(N3CCNC(C)C3)n2)c1CC(C)F. The first-order chi connectivity index (χ1) is 15.6. The maximum atomic E-state index is 14.1. The lowest BCUT2D eigenvalue weighted by molar-refractivity contribution is -0.137. The molecular formula is C23H29F4N5O. The molecule has 2 atom stereocenters. The van der Waals surface area contributed by atoms with Crippen LogP contribution in [0.2, 0.25) is 0 Å². The maximum Gasteiger partial charge on any atom is 0.416 e. The van der Waals surface area contributed by atoms with Crippen LogP contribution in [-0.4, -0.2) is 47.7 Å². The molecular weight excluding hydrogens is 438 g/mol. The van der Waals surface area contributed by atoms with Crippen molar-refractivity contribution in [3.8, 4) is 11.3 Å². The number of pyridine rings is 2. The van der Waals surface area contributed by atoms with Crippen LogP contribution in [0.4, 0.5) is 29.2 Å². The molecule has 2 unspecified atom stereocenters. The van der Waals surface area contributed by atoms with Gasteiger partial charge in [0.25, 0.3) is 0 Å². The molecule has 0 spiro atoms. The van der Waals surface area contributed by atoms with Gasteiger partial charge in [-0.2, -0.15) is 13.2 Å². The van der Waals surface area contributed by atoms with Crippen molar-refractivity contribution in [2.24, 2.45) is 0 Å². The zero-order valence-corrected chi connectivity index (χ0v) is 19.0. The largest absolute Gasteiger partial charge is 0.416 e. The summed E-state index contributed by atoms with van der Waals surface area (Å²) < 4.78 is 55.4. The van der Waals surface area contributed by atoms with Gasteiger partial charge in [-0.1, -0.05) is 6.92 Å². The van der Waals surface area contributed by atoms with Crippen molar-refractivity contribution in [2.45, 2.75) is 58.4 Å². The molecule has 2 aromatic rings. The summed E-state index contributed by atoms with van der Waals surface area (Å²) in [5, 5.41) is 5.93. The van der Waals surface area contributed by atoms with Crippen molar-refractivity contribution < 1.29 is 22.4 Å². The molecule has 33 heavy (non-hydrogen) atoms. The van der Waals surface area contributed by atoms with E-state index in [9.17, 15) is 22.4 Å². The van der Waals surface area contributed by atoms with Crippen LogP contribution in [0.15, 0.2) is 24.4 Å². The first-order valence-corrected chi connectivity index (χ1v) is 11.1. The molecule has 10 heteroatoms. The summed E-state index contributed by atoms with van der Waals surface area (Å²) >= 11 is 0. The summed E-state index contributed by atoms with van der Waals surface area (Å²) in [7, 11) is 0. The Bertz CT molecular complexity index is 980. The van der Waals surface area contributed by atoms with Crippen LogP contribution >= 0.6 is 0 Å². The number of anilines is 2. The standard InChI is InChI=1S/C23H29F4N5O/c1-4-5-21(33)31-22-18(10-14(2)24)17(6-7-29-22)19-11-16(23(25,26)27)12-20(30-19)32-9-8-28-15(3)13-32/h6-7,11-12,14-15,28H,4-5,8-10,13H2,1-3H3,(H,29,31,33). The van der Waals surface area contributed by atoms with E-state index in [4.69, 9.17) is 0 Å². The highest BCUT2D eigenvalue weighted by Crippen LogP contribution is 2.36. The Morgan fingerprint density at radius 3 is 2.76 bits per heavy atom. The highest BCUT2D eigenvalue weighted by Gasteiger charge is 2.33. The molecule has 0 aromatic carbocycles. The molecule has 1 amide bonds. The molecule has 1 aliphatic rings. The highest BCUT2D eigenvalue weighted by atomic mass is 19.4. The third kappa shape index (κ3) is 6.40. The molecule has 0 aliphatic carbocycles. The second kappa shape index (κ2) is 10.5. The van der Waals surface area contributed by atoms with Crippen LogP contribution in [-0.2, 0) is 17.4 Å². The summed E-state index contributed by atoms with van der Waals surface area (Å²) in [6.07, 6.45) is -3.74. The molecule has 2 N–H and O–H groups in total. The number of carbonyl (C=O) groups is 1. The average molecular weight is 468 g/mol. The van der Waals surface area contributed by atoms with Gasteiger partial charge in [-0.05, 0) is 38.5 Å². The van der Waals surface area contributed by atoms with E-state index in [1.807, 2.05) is 18.7 Å². The van der Waals surface area contributed by atoms with Crippen molar-refractivity contribution in [2.75, 3.05) is 29.9 Å². The van der Waals surface area contributed by atoms with Crippen LogP contribution in [0.25, 0.3) is 11.3 Å². The third-order valence-corrected chi connectivity index (χ3v) is 5.38. The van der Waals surface area contributed by atoms with Gasteiger partial charge in [-0.25, -0.2) is 14.4 Å². The fraction of sp³-hybridized carbons (Fsp3) is 0.522. The number of nitrogens with zero attached hydrogens (tertiary/aromatic N) is 3. The third-order valence-electron chi connectivity index (χ3n) is 5.38. The van der Waals surface area contributed by atoms with Crippen molar-refractivity contribution in [1.82, 2.24) is 15.3 Å². The Morgan fingerprint density at radius 1 is 1.36 bits per heavy atom. The number of hydrogen-bond donors (Lipinski definition) is 2. The molecule has 1 fully saturated rings. The number of piperazine rings is 1. The fourth-order valence-electron chi connectivity index (χ4n) is 3.87. The minimum Gasteiger partial charge on any atom is -0.354 e. The number of amides is 1. The lowest BCUT2D eigenvalue weighted by atomic mass is 9.99. The maximum absolute atomic E-state index is 14.1. The monoisotopic (exact) mass is 467 g/mol. The molecule has 3 heterocycles. The minimum absolute atomic E-state index is 0.0649. The summed E-state index contributed by atoms with van der Waals surface area (Å²) in [6.45, 7) is 6.80. The van der Waals surface area contributed by atoms with E-state index >= 15 is 0 Å². The zero-order valence-electron chi connectivity index (χ0n) is 19.0. The predicted molar refractivity (Wildman–Crippen MR) is 120 cm³/mol. The van der Waals surface area contributed by atoms with Gasteiger partial charge >= 0.3 is 6.18 Å². The number of hydrogen-bond acceptors (Lipinski definition) is 5. The Labute approximate surface area is 190 Å². The van der Waals surface area contributed by atoms with Gasteiger partial charge in [0.15, 0.2) is 0 Å². The van der Waals surface area contributed by atoms with Crippen LogP contribution in [0, 0.1) is 0 Å². The minimum atomic E-state index is -4.58. The van der Waals surface area contributed by atoms with E-state index in [0.717, 1.165) is 12.1 Å². The van der Waals surface area contributed by atoms with E-state index in [0.29, 0.717) is 37.2 Å². The fourth-order valence-corrected chi connectivity index (χ4v) is 3.87. The van der Waals surface area contributed by atoms with Crippen LogP contribution < -0.4 is 15.5 Å². The molecule has 0 bridgehead atoms. The second-order valence-corrected chi connectivity index (χ2v) is 8.37. The summed E-state index contributed by atoms with van der Waals surface area (Å²) in [6, 6.07) is 3.63. The summed E-state index contributed by atoms with van der Waals surface area (Å²) in [4.78, 5) is 22.7. The van der Waals surface area contributed by atoms with Crippen molar-refractivity contribution >= 4 is 17.5 Å². The Kier molecular flexibility index (Phi) is 7.88. The molecule has 6 nitrogen and oxygen atoms in total. The Balaban J connectivity index is 2.13. The van der Waals surface area contributed by atoms with Crippen molar-refractivity contribution in [3.63, 3.8) is 0 Å². The van der Waals surface area contributed by atoms with Gasteiger partial charge in [0.2, 0.25) is 5.91 Å². The van der Waals surface area contributed by atoms with E-state index in [2.05, 4.69) is 20.6 Å². The normalized spacial score (nSPS) is 17.7. The lowest BCUT2D eigenvalue weighted by Crippen LogP contribution is -2.49. The topological polar surface area (TPSA) is 70.2 Å². The smallest absolute Gasteiger partial charge is 0.354 e. The van der Waals surface area contributed by atoms with E-state index in [1.165, 1.54) is 19.2 Å². The van der Waals surface area contributed by atoms with Crippen molar-refractivity contribution in [1.29, 1.82) is 0 Å². The molecule has 0 saturated carbocycles. The Hall–Kier alpha value is -2.75. The van der Waals surface area contributed by atoms with Crippen LogP contribution in [0.5, 0.6) is 0 Å². The highest BCUT2D eigenvalue weighted by molar-refractivity contribution is 5.91. The number of aromatic nitrogens is 2. The first-order valence-electron chi connectivity index (χ1n) is 11.1. The van der Waals surface area contributed by atoms with Gasteiger partial charge in [0, 0.05) is 55.8 Å².